The van der Waals surface area contributed by atoms with Gasteiger partial charge in [0.05, 0.1) is 15.1 Å². The molecule has 70 valence electrons. The minimum Gasteiger partial charge on any atom is -0.258 e. The Kier molecular flexibility index (Phi) is 1.93. The van der Waals surface area contributed by atoms with Crippen LogP contribution >= 0.6 is 11.3 Å². The number of nitro groups is 1. The second kappa shape index (κ2) is 3.11. The molecule has 1 aromatic carbocycles. The Morgan fingerprint density at radius 1 is 1.50 bits per heavy atom. The van der Waals surface area contributed by atoms with Gasteiger partial charge in [0.25, 0.3) is 10.8 Å². The molecule has 1 aromatic heterocycles. The van der Waals surface area contributed by atoms with Crippen molar-refractivity contribution in [1.82, 2.24) is 4.98 Å². The summed E-state index contributed by atoms with van der Waals surface area (Å²) in [4.78, 5) is 23.9. The van der Waals surface area contributed by atoms with Crippen LogP contribution in [0.4, 0.5) is 10.8 Å². The average Bonchev–Trinajstić information content (AvgIpc) is 2.58. The fourth-order valence-corrected chi connectivity index (χ4v) is 1.83. The molecule has 0 spiro atoms. The van der Waals surface area contributed by atoms with E-state index >= 15 is 0 Å². The molecule has 0 atom stereocenters. The number of nitroso groups, excluding NO2 is 1. The molecule has 2 aromatic rings. The fraction of sp³-hybridized carbons (Fsp3) is 0. The Hall–Kier alpha value is -1.89. The highest BCUT2D eigenvalue weighted by Crippen LogP contribution is 2.30. The van der Waals surface area contributed by atoms with Crippen molar-refractivity contribution in [2.75, 3.05) is 0 Å². The van der Waals surface area contributed by atoms with Crippen molar-refractivity contribution in [3.05, 3.63) is 33.2 Å². The highest BCUT2D eigenvalue weighted by molar-refractivity contribution is 7.21. The van der Waals surface area contributed by atoms with Gasteiger partial charge in [-0.25, -0.2) is 4.98 Å². The first kappa shape index (κ1) is 8.70. The van der Waals surface area contributed by atoms with Gasteiger partial charge in [0.2, 0.25) is 0 Å². The number of benzene rings is 1. The monoisotopic (exact) mass is 209 g/mol. The predicted octanol–water partition coefficient (Wildman–Crippen LogP) is 2.60. The third kappa shape index (κ3) is 1.33. The summed E-state index contributed by atoms with van der Waals surface area (Å²) >= 11 is 1.03. The predicted molar refractivity (Wildman–Crippen MR) is 51.7 cm³/mol. The molecule has 2 rings (SSSR count). The summed E-state index contributed by atoms with van der Waals surface area (Å²) in [6.07, 6.45) is 0. The molecule has 0 aliphatic carbocycles. The molecule has 6 nitrogen and oxygen atoms in total. The van der Waals surface area contributed by atoms with Crippen LogP contribution in [0, 0.1) is 15.0 Å². The topological polar surface area (TPSA) is 85.5 Å². The summed E-state index contributed by atoms with van der Waals surface area (Å²) in [7, 11) is 0. The van der Waals surface area contributed by atoms with Gasteiger partial charge in [0.15, 0.2) is 0 Å². The van der Waals surface area contributed by atoms with Crippen LogP contribution in [0.25, 0.3) is 10.2 Å². The lowest BCUT2D eigenvalue weighted by atomic mass is 10.3. The lowest BCUT2D eigenvalue weighted by Gasteiger charge is -1.88. The van der Waals surface area contributed by atoms with Crippen LogP contribution < -0.4 is 0 Å². The van der Waals surface area contributed by atoms with E-state index in [-0.39, 0.29) is 10.8 Å². The summed E-state index contributed by atoms with van der Waals surface area (Å²) in [6, 6.07) is 4.22. The van der Waals surface area contributed by atoms with Crippen LogP contribution in [0.2, 0.25) is 0 Å². The van der Waals surface area contributed by atoms with E-state index in [1.807, 2.05) is 0 Å². The SMILES string of the molecule is O=Nc1nc2ccc([N+](=O)[O-])cc2s1. The first-order valence-corrected chi connectivity index (χ1v) is 4.40. The molecule has 0 aliphatic heterocycles. The van der Waals surface area contributed by atoms with Crippen molar-refractivity contribution in [1.29, 1.82) is 0 Å². The van der Waals surface area contributed by atoms with Crippen molar-refractivity contribution in [3.8, 4) is 0 Å². The standard InChI is InChI=1S/C7H3N3O3S/c11-9-7-8-5-2-1-4(10(12)13)3-6(5)14-7/h1-3H. The van der Waals surface area contributed by atoms with E-state index in [0.29, 0.717) is 10.2 Å². The number of non-ortho nitro benzene ring substituents is 1. The van der Waals surface area contributed by atoms with Gasteiger partial charge < -0.3 is 0 Å². The number of aromatic nitrogens is 1. The van der Waals surface area contributed by atoms with E-state index in [4.69, 9.17) is 0 Å². The number of hydrogen-bond donors (Lipinski definition) is 0. The van der Waals surface area contributed by atoms with Gasteiger partial charge in [-0.1, -0.05) is 11.3 Å². The van der Waals surface area contributed by atoms with E-state index < -0.39 is 4.92 Å². The molecule has 7 heteroatoms. The molecule has 0 aliphatic rings. The van der Waals surface area contributed by atoms with Crippen molar-refractivity contribution in [2.24, 2.45) is 5.18 Å². The first-order valence-electron chi connectivity index (χ1n) is 3.59. The van der Waals surface area contributed by atoms with E-state index in [0.717, 1.165) is 11.3 Å². The van der Waals surface area contributed by atoms with E-state index in [9.17, 15) is 15.0 Å². The second-order valence-corrected chi connectivity index (χ2v) is 3.51. The van der Waals surface area contributed by atoms with Crippen molar-refractivity contribution < 1.29 is 4.92 Å². The maximum atomic E-state index is 10.4. The third-order valence-electron chi connectivity index (χ3n) is 1.65. The Labute approximate surface area is 81.3 Å². The molecule has 1 heterocycles. The molecule has 0 fully saturated rings. The van der Waals surface area contributed by atoms with E-state index in [1.165, 1.54) is 18.2 Å². The largest absolute Gasteiger partial charge is 0.270 e. The van der Waals surface area contributed by atoms with Crippen LogP contribution in [0.3, 0.4) is 0 Å². The van der Waals surface area contributed by atoms with Crippen LogP contribution in [-0.4, -0.2) is 9.91 Å². The minimum atomic E-state index is -0.493. The number of thiazole rings is 1. The molecular formula is C7H3N3O3S. The maximum absolute atomic E-state index is 10.4. The Morgan fingerprint density at radius 2 is 2.29 bits per heavy atom. The van der Waals surface area contributed by atoms with Crippen LogP contribution in [-0.2, 0) is 0 Å². The maximum Gasteiger partial charge on any atom is 0.270 e. The Morgan fingerprint density at radius 3 is 2.93 bits per heavy atom. The smallest absolute Gasteiger partial charge is 0.258 e. The van der Waals surface area contributed by atoms with Gasteiger partial charge in [-0.15, -0.1) is 4.91 Å². The fourth-order valence-electron chi connectivity index (χ4n) is 1.05. The van der Waals surface area contributed by atoms with E-state index in [1.54, 1.807) is 0 Å². The summed E-state index contributed by atoms with van der Waals surface area (Å²) < 4.78 is 0.591. The van der Waals surface area contributed by atoms with Crippen molar-refractivity contribution in [2.45, 2.75) is 0 Å². The summed E-state index contributed by atoms with van der Waals surface area (Å²) in [6.45, 7) is 0. The molecule has 0 bridgehead atoms. The van der Waals surface area contributed by atoms with Crippen LogP contribution in [0.1, 0.15) is 0 Å². The molecule has 0 N–H and O–H groups in total. The molecule has 14 heavy (non-hydrogen) atoms. The van der Waals surface area contributed by atoms with Gasteiger partial charge >= 0.3 is 0 Å². The summed E-state index contributed by atoms with van der Waals surface area (Å²) in [5, 5.41) is 13.2. The molecule has 0 amide bonds. The summed E-state index contributed by atoms with van der Waals surface area (Å²) in [5.74, 6) is 0. The normalized spacial score (nSPS) is 10.3. The molecule has 0 saturated carbocycles. The van der Waals surface area contributed by atoms with Gasteiger partial charge in [0, 0.05) is 17.3 Å². The van der Waals surface area contributed by atoms with Crippen molar-refractivity contribution >= 4 is 32.4 Å². The zero-order chi connectivity index (χ0) is 10.1. The van der Waals surface area contributed by atoms with Crippen molar-refractivity contribution in [3.63, 3.8) is 0 Å². The number of nitro benzene ring substituents is 1. The van der Waals surface area contributed by atoms with Gasteiger partial charge in [0.1, 0.15) is 0 Å². The van der Waals surface area contributed by atoms with Gasteiger partial charge in [-0.05, 0) is 6.07 Å². The molecule has 0 saturated heterocycles. The average molecular weight is 209 g/mol. The molecule has 0 unspecified atom stereocenters. The zero-order valence-electron chi connectivity index (χ0n) is 6.71. The Bertz CT molecular complexity index is 522. The lowest BCUT2D eigenvalue weighted by Crippen LogP contribution is -1.85. The quantitative estimate of drug-likeness (QED) is 0.432. The number of nitrogens with zero attached hydrogens (tertiary/aromatic N) is 3. The molecule has 0 radical (unpaired) electrons. The lowest BCUT2D eigenvalue weighted by molar-refractivity contribution is -0.384. The van der Waals surface area contributed by atoms with Gasteiger partial charge in [-0.3, -0.25) is 10.1 Å². The Balaban J connectivity index is 2.65. The first-order chi connectivity index (χ1) is 6.70. The van der Waals surface area contributed by atoms with Crippen LogP contribution in [0.5, 0.6) is 0 Å². The van der Waals surface area contributed by atoms with E-state index in [2.05, 4.69) is 10.2 Å². The number of hydrogen-bond acceptors (Lipinski definition) is 6. The second-order valence-electron chi connectivity index (χ2n) is 2.50. The number of rotatable bonds is 2. The highest BCUT2D eigenvalue weighted by atomic mass is 32.1. The molecular weight excluding hydrogens is 206 g/mol. The summed E-state index contributed by atoms with van der Waals surface area (Å²) in [5.41, 5.74) is 0.536. The zero-order valence-corrected chi connectivity index (χ0v) is 7.52. The van der Waals surface area contributed by atoms with Gasteiger partial charge in [-0.2, -0.15) is 0 Å². The third-order valence-corrected chi connectivity index (χ3v) is 2.54. The highest BCUT2D eigenvalue weighted by Gasteiger charge is 2.09. The number of fused-ring (bicyclic) bond motifs is 1. The van der Waals surface area contributed by atoms with Crippen LogP contribution in [0.15, 0.2) is 23.4 Å². The minimum absolute atomic E-state index is 0.0152.